The SMILES string of the molecule is CC(OC(C)(C)C)C(CS(=O)(=O)O)C(OS(=O)(=O)O)C(C)(C)C. The number of rotatable bonds is 7. The summed E-state index contributed by atoms with van der Waals surface area (Å²) in [7, 11) is -9.24. The van der Waals surface area contributed by atoms with Crippen LogP contribution in [-0.2, 0) is 29.4 Å². The van der Waals surface area contributed by atoms with Gasteiger partial charge in [-0.2, -0.15) is 16.8 Å². The zero-order chi connectivity index (χ0) is 18.9. The summed E-state index contributed by atoms with van der Waals surface area (Å²) in [5.74, 6) is -1.78. The van der Waals surface area contributed by atoms with E-state index in [1.54, 1.807) is 48.5 Å². The van der Waals surface area contributed by atoms with Crippen molar-refractivity contribution in [2.24, 2.45) is 11.3 Å². The van der Waals surface area contributed by atoms with Crippen LogP contribution in [0, 0.1) is 11.3 Å². The van der Waals surface area contributed by atoms with Crippen molar-refractivity contribution in [3.05, 3.63) is 0 Å². The second-order valence-corrected chi connectivity index (χ2v) is 10.2. The predicted molar refractivity (Wildman–Crippen MR) is 86.1 cm³/mol. The fraction of sp³-hybridized carbons (Fsp3) is 1.00. The summed E-state index contributed by atoms with van der Waals surface area (Å²) in [6, 6.07) is 0. The normalized spacial score (nSPS) is 18.5. The summed E-state index contributed by atoms with van der Waals surface area (Å²) in [5.41, 5.74) is -1.47. The van der Waals surface area contributed by atoms with Crippen LogP contribution in [0.2, 0.25) is 0 Å². The van der Waals surface area contributed by atoms with Crippen LogP contribution in [0.4, 0.5) is 0 Å². The van der Waals surface area contributed by atoms with E-state index in [9.17, 15) is 21.4 Å². The van der Waals surface area contributed by atoms with Crippen molar-refractivity contribution >= 4 is 20.5 Å². The lowest BCUT2D eigenvalue weighted by Gasteiger charge is -2.39. The number of hydrogen-bond acceptors (Lipinski definition) is 6. The van der Waals surface area contributed by atoms with Gasteiger partial charge in [-0.25, -0.2) is 4.18 Å². The summed E-state index contributed by atoms with van der Waals surface area (Å²) in [5, 5.41) is 0. The van der Waals surface area contributed by atoms with Crippen molar-refractivity contribution in [2.75, 3.05) is 5.75 Å². The van der Waals surface area contributed by atoms with E-state index in [1.807, 2.05) is 0 Å². The molecular formula is C13H28O8S2. The molecule has 0 saturated carbocycles. The minimum absolute atomic E-state index is 0.628. The van der Waals surface area contributed by atoms with Gasteiger partial charge >= 0.3 is 10.4 Å². The van der Waals surface area contributed by atoms with Crippen LogP contribution < -0.4 is 0 Å². The van der Waals surface area contributed by atoms with Crippen LogP contribution in [-0.4, -0.2) is 49.5 Å². The second kappa shape index (κ2) is 7.32. The Kier molecular flexibility index (Phi) is 7.24. The van der Waals surface area contributed by atoms with Gasteiger partial charge in [0.15, 0.2) is 0 Å². The largest absolute Gasteiger partial charge is 0.397 e. The Hall–Kier alpha value is -0.260. The Morgan fingerprint density at radius 3 is 1.65 bits per heavy atom. The van der Waals surface area contributed by atoms with Gasteiger partial charge in [-0.15, -0.1) is 0 Å². The lowest BCUT2D eigenvalue weighted by atomic mass is 9.80. The molecule has 3 unspecified atom stereocenters. The minimum Gasteiger partial charge on any atom is -0.372 e. The van der Waals surface area contributed by atoms with Gasteiger partial charge in [0.25, 0.3) is 10.1 Å². The second-order valence-electron chi connectivity index (χ2n) is 7.66. The molecule has 0 aliphatic heterocycles. The molecule has 0 aliphatic rings. The molecule has 0 rings (SSSR count). The fourth-order valence-electron chi connectivity index (χ4n) is 2.35. The zero-order valence-electron chi connectivity index (χ0n) is 14.6. The molecule has 0 saturated heterocycles. The van der Waals surface area contributed by atoms with E-state index in [-0.39, 0.29) is 0 Å². The summed E-state index contributed by atoms with van der Waals surface area (Å²) in [4.78, 5) is 0. The third-order valence-electron chi connectivity index (χ3n) is 3.01. The van der Waals surface area contributed by atoms with Gasteiger partial charge in [-0.3, -0.25) is 9.11 Å². The van der Waals surface area contributed by atoms with Crippen LogP contribution >= 0.6 is 0 Å². The molecule has 140 valence electrons. The van der Waals surface area contributed by atoms with E-state index >= 15 is 0 Å². The van der Waals surface area contributed by atoms with Gasteiger partial charge < -0.3 is 4.74 Å². The summed E-state index contributed by atoms with van der Waals surface area (Å²) >= 11 is 0. The van der Waals surface area contributed by atoms with Crippen LogP contribution in [0.3, 0.4) is 0 Å². The Labute approximate surface area is 139 Å². The van der Waals surface area contributed by atoms with Crippen LogP contribution in [0.15, 0.2) is 0 Å². The third kappa shape index (κ3) is 10.3. The zero-order valence-corrected chi connectivity index (χ0v) is 16.2. The first-order chi connectivity index (χ1) is 9.82. The van der Waals surface area contributed by atoms with E-state index < -0.39 is 55.4 Å². The molecule has 0 amide bonds. The summed E-state index contributed by atoms with van der Waals surface area (Å²) in [6.45, 7) is 11.7. The average Bonchev–Trinajstić information content (AvgIpc) is 2.16. The number of ether oxygens (including phenoxy) is 1. The minimum atomic E-state index is -4.82. The van der Waals surface area contributed by atoms with E-state index in [4.69, 9.17) is 13.5 Å². The van der Waals surface area contributed by atoms with Crippen molar-refractivity contribution in [3.8, 4) is 0 Å². The van der Waals surface area contributed by atoms with Gasteiger partial charge in [0, 0.05) is 5.92 Å². The Balaban J connectivity index is 5.83. The lowest BCUT2D eigenvalue weighted by Crippen LogP contribution is -2.47. The standard InChI is InChI=1S/C13H28O8S2/c1-9(20-13(5,6)7)10(8-22(14,15)16)11(12(2,3)4)21-23(17,18)19/h9-11H,8H2,1-7H3,(H,14,15,16)(H,17,18,19). The van der Waals surface area contributed by atoms with Crippen molar-refractivity contribution in [2.45, 2.75) is 66.3 Å². The molecule has 2 N–H and O–H groups in total. The van der Waals surface area contributed by atoms with Crippen LogP contribution in [0.5, 0.6) is 0 Å². The Morgan fingerprint density at radius 2 is 1.39 bits per heavy atom. The topological polar surface area (TPSA) is 127 Å². The quantitative estimate of drug-likeness (QED) is 0.645. The van der Waals surface area contributed by atoms with Gasteiger partial charge in [-0.05, 0) is 33.1 Å². The van der Waals surface area contributed by atoms with E-state index in [2.05, 4.69) is 0 Å². The molecule has 0 bridgehead atoms. The van der Waals surface area contributed by atoms with E-state index in [1.165, 1.54) is 0 Å². The highest BCUT2D eigenvalue weighted by Gasteiger charge is 2.42. The first kappa shape index (κ1) is 22.7. The van der Waals surface area contributed by atoms with Crippen LogP contribution in [0.1, 0.15) is 48.5 Å². The van der Waals surface area contributed by atoms with Gasteiger partial charge in [0.05, 0.1) is 23.6 Å². The summed E-state index contributed by atoms with van der Waals surface area (Å²) in [6.07, 6.45) is -1.99. The first-order valence-corrected chi connectivity index (χ1v) is 10.1. The molecule has 0 spiro atoms. The van der Waals surface area contributed by atoms with Crippen molar-refractivity contribution < 1.29 is 34.9 Å². The third-order valence-corrected chi connectivity index (χ3v) is 4.27. The van der Waals surface area contributed by atoms with Crippen molar-refractivity contribution in [1.82, 2.24) is 0 Å². The number of hydrogen-bond donors (Lipinski definition) is 2. The predicted octanol–water partition coefficient (Wildman–Crippen LogP) is 1.93. The molecule has 0 aromatic carbocycles. The summed E-state index contributed by atoms with van der Waals surface area (Å²) < 4.78 is 73.6. The fourth-order valence-corrected chi connectivity index (χ4v) is 3.97. The molecule has 0 fully saturated rings. The van der Waals surface area contributed by atoms with E-state index in [0.717, 1.165) is 0 Å². The maximum atomic E-state index is 11.3. The molecule has 0 aromatic rings. The lowest BCUT2D eigenvalue weighted by molar-refractivity contribution is -0.105. The molecule has 0 heterocycles. The highest BCUT2D eigenvalue weighted by Crippen LogP contribution is 2.34. The smallest absolute Gasteiger partial charge is 0.372 e. The highest BCUT2D eigenvalue weighted by atomic mass is 32.3. The average molecular weight is 376 g/mol. The Morgan fingerprint density at radius 1 is 0.957 bits per heavy atom. The monoisotopic (exact) mass is 376 g/mol. The molecule has 10 heteroatoms. The molecule has 8 nitrogen and oxygen atoms in total. The first-order valence-electron chi connectivity index (χ1n) is 7.10. The van der Waals surface area contributed by atoms with Gasteiger partial charge in [-0.1, -0.05) is 20.8 Å². The van der Waals surface area contributed by atoms with Crippen molar-refractivity contribution in [3.63, 3.8) is 0 Å². The van der Waals surface area contributed by atoms with Crippen molar-refractivity contribution in [1.29, 1.82) is 0 Å². The molecular weight excluding hydrogens is 348 g/mol. The van der Waals surface area contributed by atoms with Crippen LogP contribution in [0.25, 0.3) is 0 Å². The maximum absolute atomic E-state index is 11.3. The molecule has 23 heavy (non-hydrogen) atoms. The highest BCUT2D eigenvalue weighted by molar-refractivity contribution is 7.85. The van der Waals surface area contributed by atoms with Gasteiger partial charge in [0.2, 0.25) is 0 Å². The molecule has 3 atom stereocenters. The maximum Gasteiger partial charge on any atom is 0.397 e. The van der Waals surface area contributed by atoms with E-state index in [0.29, 0.717) is 0 Å². The molecule has 0 aromatic heterocycles. The Bertz CT molecular complexity index is 580. The molecule has 0 aliphatic carbocycles. The van der Waals surface area contributed by atoms with Gasteiger partial charge in [0.1, 0.15) is 0 Å². The molecule has 0 radical (unpaired) electrons.